The second-order valence-corrected chi connectivity index (χ2v) is 3.91. The molecule has 84 valence electrons. The lowest BCUT2D eigenvalue weighted by Gasteiger charge is -2.35. The zero-order chi connectivity index (χ0) is 10.2. The van der Waals surface area contributed by atoms with Gasteiger partial charge in [-0.25, -0.2) is 0 Å². The summed E-state index contributed by atoms with van der Waals surface area (Å²) >= 11 is 0. The van der Waals surface area contributed by atoms with Crippen molar-refractivity contribution in [1.82, 2.24) is 10.6 Å². The zero-order valence-corrected chi connectivity index (χ0v) is 9.51. The van der Waals surface area contributed by atoms with Gasteiger partial charge in [0.25, 0.3) is 0 Å². The van der Waals surface area contributed by atoms with E-state index in [2.05, 4.69) is 24.5 Å². The Hall–Kier alpha value is -0.120. The van der Waals surface area contributed by atoms with E-state index in [9.17, 15) is 0 Å². The number of nitrogens with one attached hydrogen (secondary N) is 2. The van der Waals surface area contributed by atoms with Gasteiger partial charge in [-0.15, -0.1) is 0 Å². The number of hydrogen-bond donors (Lipinski definition) is 2. The molecule has 3 nitrogen and oxygen atoms in total. The van der Waals surface area contributed by atoms with Crippen LogP contribution in [-0.2, 0) is 4.74 Å². The molecule has 0 heterocycles. The molecule has 1 saturated carbocycles. The summed E-state index contributed by atoms with van der Waals surface area (Å²) in [5.41, 5.74) is 0. The molecule has 0 aromatic rings. The molecule has 0 atom stereocenters. The van der Waals surface area contributed by atoms with Crippen LogP contribution in [0.25, 0.3) is 0 Å². The van der Waals surface area contributed by atoms with Gasteiger partial charge in [-0.3, -0.25) is 0 Å². The van der Waals surface area contributed by atoms with Gasteiger partial charge in [0.15, 0.2) is 0 Å². The smallest absolute Gasteiger partial charge is 0.0604 e. The first-order valence-electron chi connectivity index (χ1n) is 5.92. The van der Waals surface area contributed by atoms with E-state index in [1.165, 1.54) is 19.3 Å². The normalized spacial score (nSPS) is 26.1. The second kappa shape index (κ2) is 7.21. The highest BCUT2D eigenvalue weighted by Gasteiger charge is 2.28. The fourth-order valence-electron chi connectivity index (χ4n) is 1.80. The van der Waals surface area contributed by atoms with Crippen LogP contribution in [0.1, 0.15) is 33.1 Å². The van der Waals surface area contributed by atoms with Crippen molar-refractivity contribution in [1.29, 1.82) is 0 Å². The molecule has 1 aliphatic carbocycles. The summed E-state index contributed by atoms with van der Waals surface area (Å²) in [5, 5.41) is 6.87. The van der Waals surface area contributed by atoms with Gasteiger partial charge in [0.2, 0.25) is 0 Å². The van der Waals surface area contributed by atoms with Gasteiger partial charge in [0, 0.05) is 12.6 Å². The maximum absolute atomic E-state index is 5.50. The molecule has 0 amide bonds. The van der Waals surface area contributed by atoms with Gasteiger partial charge in [0.05, 0.1) is 6.10 Å². The number of hydrogen-bond acceptors (Lipinski definition) is 3. The predicted molar refractivity (Wildman–Crippen MR) is 59.6 cm³/mol. The molecule has 1 fully saturated rings. The van der Waals surface area contributed by atoms with Gasteiger partial charge in [0.1, 0.15) is 0 Å². The molecule has 0 radical (unpaired) electrons. The molecular weight excluding hydrogens is 176 g/mol. The van der Waals surface area contributed by atoms with Crippen molar-refractivity contribution >= 4 is 0 Å². The summed E-state index contributed by atoms with van der Waals surface area (Å²) in [4.78, 5) is 0. The van der Waals surface area contributed by atoms with Crippen LogP contribution >= 0.6 is 0 Å². The van der Waals surface area contributed by atoms with Crippen LogP contribution in [0.15, 0.2) is 0 Å². The quantitative estimate of drug-likeness (QED) is 0.577. The maximum atomic E-state index is 5.50. The van der Waals surface area contributed by atoms with Crippen LogP contribution in [0.2, 0.25) is 0 Å². The Morgan fingerprint density at radius 2 is 2.00 bits per heavy atom. The first kappa shape index (κ1) is 12.0. The van der Waals surface area contributed by atoms with Crippen LogP contribution in [0.5, 0.6) is 0 Å². The second-order valence-electron chi connectivity index (χ2n) is 3.91. The molecule has 14 heavy (non-hydrogen) atoms. The van der Waals surface area contributed by atoms with E-state index >= 15 is 0 Å². The first-order chi connectivity index (χ1) is 6.86. The summed E-state index contributed by atoms with van der Waals surface area (Å²) in [6.45, 7) is 8.42. The minimum atomic E-state index is 0.534. The van der Waals surface area contributed by atoms with Crippen molar-refractivity contribution in [3.05, 3.63) is 0 Å². The summed E-state index contributed by atoms with van der Waals surface area (Å²) in [6, 6.07) is 0.716. The fraction of sp³-hybridized carbons (Fsp3) is 1.00. The van der Waals surface area contributed by atoms with Gasteiger partial charge in [-0.2, -0.15) is 0 Å². The summed E-state index contributed by atoms with van der Waals surface area (Å²) < 4.78 is 5.50. The van der Waals surface area contributed by atoms with Crippen molar-refractivity contribution in [2.45, 2.75) is 45.3 Å². The summed E-state index contributed by atoms with van der Waals surface area (Å²) in [5.74, 6) is 0. The largest absolute Gasteiger partial charge is 0.378 e. The lowest BCUT2D eigenvalue weighted by molar-refractivity contribution is -0.00971. The third kappa shape index (κ3) is 4.40. The molecule has 2 N–H and O–H groups in total. The summed E-state index contributed by atoms with van der Waals surface area (Å²) in [7, 11) is 0. The van der Waals surface area contributed by atoms with Crippen molar-refractivity contribution in [2.24, 2.45) is 0 Å². The molecule has 0 spiro atoms. The highest BCUT2D eigenvalue weighted by Crippen LogP contribution is 2.22. The van der Waals surface area contributed by atoms with E-state index in [1.807, 2.05) is 0 Å². The average molecular weight is 200 g/mol. The maximum Gasteiger partial charge on any atom is 0.0604 e. The molecule has 0 aliphatic heterocycles. The van der Waals surface area contributed by atoms with E-state index in [-0.39, 0.29) is 0 Å². The van der Waals surface area contributed by atoms with Crippen LogP contribution in [0, 0.1) is 0 Å². The van der Waals surface area contributed by atoms with Crippen molar-refractivity contribution in [3.8, 4) is 0 Å². The fourth-order valence-corrected chi connectivity index (χ4v) is 1.80. The molecule has 1 aliphatic rings. The van der Waals surface area contributed by atoms with Crippen LogP contribution in [-0.4, -0.2) is 38.4 Å². The minimum Gasteiger partial charge on any atom is -0.378 e. The lowest BCUT2D eigenvalue weighted by atomic mass is 9.89. The third-order valence-corrected chi connectivity index (χ3v) is 2.71. The standard InChI is InChI=1S/C11H24N2O/c1-3-12-6-5-7-13-10-8-11(9-10)14-4-2/h10-13H,3-9H2,1-2H3. The molecule has 0 unspecified atom stereocenters. The Kier molecular flexibility index (Phi) is 6.15. The van der Waals surface area contributed by atoms with Gasteiger partial charge >= 0.3 is 0 Å². The number of rotatable bonds is 8. The van der Waals surface area contributed by atoms with E-state index in [0.29, 0.717) is 12.1 Å². The highest BCUT2D eigenvalue weighted by atomic mass is 16.5. The van der Waals surface area contributed by atoms with E-state index in [1.54, 1.807) is 0 Å². The van der Waals surface area contributed by atoms with Gasteiger partial charge in [-0.05, 0) is 45.8 Å². The SMILES string of the molecule is CCNCCCNC1CC(OCC)C1. The van der Waals surface area contributed by atoms with Gasteiger partial charge in [-0.1, -0.05) is 6.92 Å². The Morgan fingerprint density at radius 1 is 1.21 bits per heavy atom. The van der Waals surface area contributed by atoms with Crippen molar-refractivity contribution < 1.29 is 4.74 Å². The Balaban J connectivity index is 1.81. The molecule has 1 rings (SSSR count). The third-order valence-electron chi connectivity index (χ3n) is 2.71. The predicted octanol–water partition coefficient (Wildman–Crippen LogP) is 1.14. The van der Waals surface area contributed by atoms with E-state index in [0.717, 1.165) is 26.2 Å². The Labute approximate surface area is 87.6 Å². The lowest BCUT2D eigenvalue weighted by Crippen LogP contribution is -2.46. The molecule has 0 saturated heterocycles. The first-order valence-corrected chi connectivity index (χ1v) is 5.92. The minimum absolute atomic E-state index is 0.534. The monoisotopic (exact) mass is 200 g/mol. The summed E-state index contributed by atoms with van der Waals surface area (Å²) in [6.07, 6.45) is 4.17. The van der Waals surface area contributed by atoms with Crippen LogP contribution in [0.4, 0.5) is 0 Å². The van der Waals surface area contributed by atoms with E-state index < -0.39 is 0 Å². The Bertz CT molecular complexity index is 135. The van der Waals surface area contributed by atoms with Crippen molar-refractivity contribution in [2.75, 3.05) is 26.2 Å². The molecule has 0 aromatic carbocycles. The molecular formula is C11H24N2O. The topological polar surface area (TPSA) is 33.3 Å². The van der Waals surface area contributed by atoms with E-state index in [4.69, 9.17) is 4.74 Å². The van der Waals surface area contributed by atoms with Crippen LogP contribution in [0.3, 0.4) is 0 Å². The molecule has 3 heteroatoms. The van der Waals surface area contributed by atoms with Crippen LogP contribution < -0.4 is 10.6 Å². The number of ether oxygens (including phenoxy) is 1. The average Bonchev–Trinajstić information content (AvgIpc) is 2.13. The highest BCUT2D eigenvalue weighted by molar-refractivity contribution is 4.85. The Morgan fingerprint density at radius 3 is 2.64 bits per heavy atom. The zero-order valence-electron chi connectivity index (χ0n) is 9.51. The van der Waals surface area contributed by atoms with Gasteiger partial charge < -0.3 is 15.4 Å². The molecule has 0 aromatic heterocycles. The molecule has 0 bridgehead atoms. The van der Waals surface area contributed by atoms with Crippen molar-refractivity contribution in [3.63, 3.8) is 0 Å².